The van der Waals surface area contributed by atoms with Gasteiger partial charge < -0.3 is 0 Å². The maximum absolute atomic E-state index is 4.39. The third-order valence-electron chi connectivity index (χ3n) is 3.48. The molecule has 0 heterocycles. The van der Waals surface area contributed by atoms with Gasteiger partial charge >= 0.3 is 0 Å². The SMILES string of the molecule is C=[Si](CCC[Si](C)c1ccccc1)c1ccccc1. The minimum atomic E-state index is -0.578. The van der Waals surface area contributed by atoms with Gasteiger partial charge in [0.15, 0.2) is 0 Å². The Balaban J connectivity index is 1.79. The topological polar surface area (TPSA) is 0 Å². The lowest BCUT2D eigenvalue weighted by Gasteiger charge is -2.10. The molecule has 2 aromatic carbocycles. The number of rotatable bonds is 6. The molecule has 2 aromatic rings. The average molecular weight is 282 g/mol. The summed E-state index contributed by atoms with van der Waals surface area (Å²) in [5.41, 5.74) is 0. The highest BCUT2D eigenvalue weighted by Gasteiger charge is 2.07. The van der Waals surface area contributed by atoms with Crippen LogP contribution in [0.5, 0.6) is 0 Å². The van der Waals surface area contributed by atoms with Gasteiger partial charge in [0.25, 0.3) is 0 Å². The van der Waals surface area contributed by atoms with E-state index in [2.05, 4.69) is 73.4 Å². The second kappa shape index (κ2) is 7.36. The van der Waals surface area contributed by atoms with Gasteiger partial charge in [0.1, 0.15) is 0 Å². The van der Waals surface area contributed by atoms with Crippen molar-refractivity contribution >= 4 is 33.8 Å². The molecule has 2 heteroatoms. The maximum Gasteiger partial charge on any atom is 0.0824 e. The fraction of sp³-hybridized carbons (Fsp3) is 0.235. The highest BCUT2D eigenvalue weighted by molar-refractivity contribution is 6.75. The summed E-state index contributed by atoms with van der Waals surface area (Å²) in [5, 5.41) is 3.03. The Bertz CT molecular complexity index is 505. The lowest BCUT2D eigenvalue weighted by atomic mass is 10.4. The molecule has 97 valence electrons. The van der Waals surface area contributed by atoms with Crippen LogP contribution in [0.3, 0.4) is 0 Å². The molecule has 0 aliphatic rings. The van der Waals surface area contributed by atoms with E-state index in [1.165, 1.54) is 23.7 Å². The first-order valence-electron chi connectivity index (χ1n) is 6.88. The normalized spacial score (nSPS) is 10.6. The Kier molecular flexibility index (Phi) is 5.49. The predicted octanol–water partition coefficient (Wildman–Crippen LogP) is 2.82. The van der Waals surface area contributed by atoms with Gasteiger partial charge in [0.2, 0.25) is 0 Å². The van der Waals surface area contributed by atoms with Gasteiger partial charge in [-0.25, -0.2) is 0 Å². The molecule has 0 nitrogen and oxygen atoms in total. The van der Waals surface area contributed by atoms with Crippen LogP contribution in [0.15, 0.2) is 60.7 Å². The molecule has 19 heavy (non-hydrogen) atoms. The van der Waals surface area contributed by atoms with Crippen molar-refractivity contribution in [2.75, 3.05) is 0 Å². The molecule has 0 saturated heterocycles. The molecule has 0 fully saturated rings. The zero-order valence-electron chi connectivity index (χ0n) is 11.6. The molecular weight excluding hydrogens is 260 g/mol. The minimum Gasteiger partial charge on any atom is -0.114 e. The van der Waals surface area contributed by atoms with Crippen LogP contribution >= 0.6 is 0 Å². The van der Waals surface area contributed by atoms with Crippen LogP contribution in [0.2, 0.25) is 18.6 Å². The maximum atomic E-state index is 4.39. The quantitative estimate of drug-likeness (QED) is 0.714. The van der Waals surface area contributed by atoms with Crippen LogP contribution in [-0.2, 0) is 0 Å². The monoisotopic (exact) mass is 281 g/mol. The molecule has 0 amide bonds. The summed E-state index contributed by atoms with van der Waals surface area (Å²) >= 11 is 0. The fourth-order valence-electron chi connectivity index (χ4n) is 2.25. The van der Waals surface area contributed by atoms with Crippen molar-refractivity contribution in [2.45, 2.75) is 25.1 Å². The van der Waals surface area contributed by atoms with Crippen LogP contribution in [-0.4, -0.2) is 23.4 Å². The molecule has 0 saturated carbocycles. The Morgan fingerprint density at radius 1 is 0.789 bits per heavy atom. The summed E-state index contributed by atoms with van der Waals surface area (Å²) in [6, 6.07) is 24.4. The van der Waals surface area contributed by atoms with E-state index < -0.39 is 8.41 Å². The minimum absolute atomic E-state index is 0.356. The van der Waals surface area contributed by atoms with Crippen LogP contribution < -0.4 is 10.4 Å². The molecule has 0 unspecified atom stereocenters. The van der Waals surface area contributed by atoms with Crippen molar-refractivity contribution in [1.29, 1.82) is 0 Å². The van der Waals surface area contributed by atoms with Crippen LogP contribution in [0.1, 0.15) is 6.42 Å². The van der Waals surface area contributed by atoms with E-state index in [1.54, 1.807) is 5.19 Å². The molecule has 2 rings (SSSR count). The van der Waals surface area contributed by atoms with E-state index in [9.17, 15) is 0 Å². The number of hydrogen-bond acceptors (Lipinski definition) is 0. The Hall–Kier alpha value is -1.26. The molecule has 0 aliphatic carbocycles. The fourth-order valence-corrected chi connectivity index (χ4v) is 5.92. The first kappa shape index (κ1) is 14.2. The molecule has 1 radical (unpaired) electrons. The zero-order chi connectivity index (χ0) is 13.5. The van der Waals surface area contributed by atoms with E-state index in [0.717, 1.165) is 0 Å². The summed E-state index contributed by atoms with van der Waals surface area (Å²) in [5.74, 6) is 0. The Morgan fingerprint density at radius 3 is 1.89 bits per heavy atom. The van der Waals surface area contributed by atoms with Gasteiger partial charge in [-0.1, -0.05) is 84.9 Å². The number of benzene rings is 2. The second-order valence-electron chi connectivity index (χ2n) is 4.97. The Labute approximate surface area is 120 Å². The molecule has 0 aliphatic heterocycles. The lowest BCUT2D eigenvalue weighted by molar-refractivity contribution is 1.06. The summed E-state index contributed by atoms with van der Waals surface area (Å²) in [4.78, 5) is 0. The third kappa shape index (κ3) is 4.41. The second-order valence-corrected chi connectivity index (χ2v) is 9.89. The van der Waals surface area contributed by atoms with Crippen molar-refractivity contribution in [3.05, 3.63) is 60.7 Å². The van der Waals surface area contributed by atoms with Gasteiger partial charge in [-0.2, -0.15) is 0 Å². The standard InChI is InChI=1S/C17H21Si2/c1-18(16-10-5-3-6-11-16)14-9-15-19(2)17-12-7-4-8-13-17/h3-8,10-13H,1,9,14-15H2,2H3. The van der Waals surface area contributed by atoms with E-state index in [-0.39, 0.29) is 8.80 Å². The van der Waals surface area contributed by atoms with Crippen molar-refractivity contribution in [3.8, 4) is 0 Å². The lowest BCUT2D eigenvalue weighted by Crippen LogP contribution is -2.27. The van der Waals surface area contributed by atoms with E-state index in [0.29, 0.717) is 0 Å². The van der Waals surface area contributed by atoms with Gasteiger partial charge in [-0.3, -0.25) is 0 Å². The smallest absolute Gasteiger partial charge is 0.0824 e. The van der Waals surface area contributed by atoms with E-state index in [4.69, 9.17) is 0 Å². The van der Waals surface area contributed by atoms with E-state index in [1.807, 2.05) is 0 Å². The first-order valence-corrected chi connectivity index (χ1v) is 11.0. The zero-order valence-corrected chi connectivity index (χ0v) is 13.6. The molecule has 0 aromatic heterocycles. The Morgan fingerprint density at radius 2 is 1.32 bits per heavy atom. The van der Waals surface area contributed by atoms with Gasteiger partial charge in [0.05, 0.1) is 8.80 Å². The third-order valence-corrected chi connectivity index (χ3v) is 8.01. The van der Waals surface area contributed by atoms with Crippen molar-refractivity contribution < 1.29 is 0 Å². The molecule has 0 N–H and O–H groups in total. The highest BCUT2D eigenvalue weighted by Crippen LogP contribution is 2.04. The molecule has 0 spiro atoms. The molecule has 0 atom stereocenters. The van der Waals surface area contributed by atoms with Gasteiger partial charge in [-0.05, 0) is 11.2 Å². The van der Waals surface area contributed by atoms with Gasteiger partial charge in [-0.15, -0.1) is 6.17 Å². The van der Waals surface area contributed by atoms with Crippen molar-refractivity contribution in [1.82, 2.24) is 0 Å². The molecular formula is C17H21Si2. The summed E-state index contributed by atoms with van der Waals surface area (Å²) in [6.45, 7) is 2.43. The van der Waals surface area contributed by atoms with Crippen LogP contribution in [0.25, 0.3) is 0 Å². The predicted molar refractivity (Wildman–Crippen MR) is 90.9 cm³/mol. The first-order chi connectivity index (χ1) is 9.27. The van der Waals surface area contributed by atoms with Crippen molar-refractivity contribution in [2.24, 2.45) is 0 Å². The number of hydrogen-bond donors (Lipinski definition) is 0. The largest absolute Gasteiger partial charge is 0.114 e. The average Bonchev–Trinajstić information content (AvgIpc) is 2.49. The highest BCUT2D eigenvalue weighted by atomic mass is 28.3. The summed E-state index contributed by atoms with van der Waals surface area (Å²) < 4.78 is 0. The van der Waals surface area contributed by atoms with Crippen LogP contribution in [0, 0.1) is 0 Å². The van der Waals surface area contributed by atoms with E-state index >= 15 is 0 Å². The summed E-state index contributed by atoms with van der Waals surface area (Å²) in [7, 11) is -0.934. The molecule has 0 bridgehead atoms. The van der Waals surface area contributed by atoms with Crippen molar-refractivity contribution in [3.63, 3.8) is 0 Å². The summed E-state index contributed by atoms with van der Waals surface area (Å²) in [6.07, 6.45) is 5.72. The van der Waals surface area contributed by atoms with Crippen LogP contribution in [0.4, 0.5) is 0 Å². The van der Waals surface area contributed by atoms with Gasteiger partial charge in [0, 0.05) is 8.41 Å².